The third-order valence-electron chi connectivity index (χ3n) is 2.62. The van der Waals surface area contributed by atoms with Gasteiger partial charge in [-0.2, -0.15) is 0 Å². The number of hydrogen-bond donors (Lipinski definition) is 2. The van der Waals surface area contributed by atoms with E-state index in [0.717, 1.165) is 23.1 Å². The second kappa shape index (κ2) is 4.28. The summed E-state index contributed by atoms with van der Waals surface area (Å²) in [5.74, 6) is -0.821. The summed E-state index contributed by atoms with van der Waals surface area (Å²) in [5.41, 5.74) is 0.843. The van der Waals surface area contributed by atoms with Crippen molar-refractivity contribution >= 4 is 21.9 Å². The molecule has 15 heavy (non-hydrogen) atoms. The Hall–Kier alpha value is -0.940. The van der Waals surface area contributed by atoms with Crippen LogP contribution in [0.4, 0.5) is 0 Å². The Morgan fingerprint density at radius 3 is 3.00 bits per heavy atom. The largest absolute Gasteiger partial charge is 0.480 e. The van der Waals surface area contributed by atoms with Gasteiger partial charge in [0.2, 0.25) is 0 Å². The maximum atomic E-state index is 11.0. The van der Waals surface area contributed by atoms with Gasteiger partial charge in [-0.1, -0.05) is 0 Å². The Morgan fingerprint density at radius 2 is 2.40 bits per heavy atom. The van der Waals surface area contributed by atoms with E-state index in [-0.39, 0.29) is 5.92 Å². The number of rotatable bonds is 2. The van der Waals surface area contributed by atoms with Gasteiger partial charge < -0.3 is 10.4 Å². The van der Waals surface area contributed by atoms with Gasteiger partial charge in [0.05, 0.1) is 0 Å². The number of aliphatic carboxylic acids is 1. The molecule has 0 radical (unpaired) electrons. The number of carboxylic acid groups (broad SMARTS) is 1. The van der Waals surface area contributed by atoms with E-state index in [1.807, 2.05) is 12.1 Å². The lowest BCUT2D eigenvalue weighted by Crippen LogP contribution is -2.34. The molecule has 5 heteroatoms. The predicted octanol–water partition coefficient (Wildman–Crippen LogP) is 1.37. The average molecular weight is 271 g/mol. The smallest absolute Gasteiger partial charge is 0.321 e. The van der Waals surface area contributed by atoms with E-state index in [4.69, 9.17) is 5.11 Å². The molecule has 4 nitrogen and oxygen atoms in total. The molecule has 2 atom stereocenters. The van der Waals surface area contributed by atoms with Gasteiger partial charge >= 0.3 is 5.97 Å². The first-order valence-electron chi connectivity index (χ1n) is 4.76. The fourth-order valence-corrected chi connectivity index (χ4v) is 2.12. The Labute approximate surface area is 95.8 Å². The molecule has 1 aliphatic rings. The van der Waals surface area contributed by atoms with Crippen LogP contribution in [-0.2, 0) is 4.79 Å². The quantitative estimate of drug-likeness (QED) is 0.852. The van der Waals surface area contributed by atoms with Gasteiger partial charge in [0, 0.05) is 22.3 Å². The summed E-state index contributed by atoms with van der Waals surface area (Å²) < 4.78 is 0.907. The van der Waals surface area contributed by atoms with E-state index in [1.54, 1.807) is 6.20 Å². The molecule has 2 N–H and O–H groups in total. The van der Waals surface area contributed by atoms with Crippen molar-refractivity contribution < 1.29 is 9.90 Å². The molecule has 0 aliphatic carbocycles. The summed E-state index contributed by atoms with van der Waals surface area (Å²) >= 11 is 3.30. The SMILES string of the molecule is O=C(O)[C@@H]1NCC[C@@H]1c1ccc(Br)cn1. The minimum Gasteiger partial charge on any atom is -0.480 e. The molecule has 0 aromatic carbocycles. The van der Waals surface area contributed by atoms with Gasteiger partial charge in [-0.15, -0.1) is 0 Å². The number of pyridine rings is 1. The number of halogens is 1. The second-order valence-electron chi connectivity index (χ2n) is 3.57. The molecule has 0 unspecified atom stereocenters. The number of carbonyl (C=O) groups is 1. The first kappa shape index (κ1) is 10.6. The summed E-state index contributed by atoms with van der Waals surface area (Å²) in [6.07, 6.45) is 2.53. The highest BCUT2D eigenvalue weighted by molar-refractivity contribution is 9.10. The number of hydrogen-bond acceptors (Lipinski definition) is 3. The molecule has 1 aromatic heterocycles. The molecule has 0 bridgehead atoms. The normalized spacial score (nSPS) is 25.4. The van der Waals surface area contributed by atoms with Crippen molar-refractivity contribution in [3.8, 4) is 0 Å². The first-order valence-corrected chi connectivity index (χ1v) is 5.55. The van der Waals surface area contributed by atoms with Gasteiger partial charge in [0.25, 0.3) is 0 Å². The molecular weight excluding hydrogens is 260 g/mol. The average Bonchev–Trinajstić information content (AvgIpc) is 2.67. The van der Waals surface area contributed by atoms with Gasteiger partial charge in [-0.05, 0) is 41.0 Å². The molecule has 0 saturated carbocycles. The summed E-state index contributed by atoms with van der Waals surface area (Å²) in [7, 11) is 0. The maximum absolute atomic E-state index is 11.0. The van der Waals surface area contributed by atoms with E-state index in [1.165, 1.54) is 0 Å². The lowest BCUT2D eigenvalue weighted by molar-refractivity contribution is -0.139. The number of aromatic nitrogens is 1. The highest BCUT2D eigenvalue weighted by Gasteiger charge is 2.34. The monoisotopic (exact) mass is 270 g/mol. The number of nitrogens with zero attached hydrogens (tertiary/aromatic N) is 1. The number of carboxylic acids is 1. The minimum absolute atomic E-state index is 0.0180. The molecule has 0 spiro atoms. The molecule has 1 aromatic rings. The third-order valence-corrected chi connectivity index (χ3v) is 3.09. The molecular formula is C10H11BrN2O2. The second-order valence-corrected chi connectivity index (χ2v) is 4.48. The first-order chi connectivity index (χ1) is 7.18. The Morgan fingerprint density at radius 1 is 1.60 bits per heavy atom. The maximum Gasteiger partial charge on any atom is 0.321 e. The summed E-state index contributed by atoms with van der Waals surface area (Å²) in [5, 5.41) is 12.0. The van der Waals surface area contributed by atoms with E-state index in [0.29, 0.717) is 0 Å². The molecule has 0 amide bonds. The topological polar surface area (TPSA) is 62.2 Å². The van der Waals surface area contributed by atoms with Crippen LogP contribution in [-0.4, -0.2) is 28.6 Å². The van der Waals surface area contributed by atoms with Crippen LogP contribution < -0.4 is 5.32 Å². The predicted molar refractivity (Wildman–Crippen MR) is 58.7 cm³/mol. The fourth-order valence-electron chi connectivity index (χ4n) is 1.89. The summed E-state index contributed by atoms with van der Waals surface area (Å²) in [4.78, 5) is 15.2. The molecule has 1 fully saturated rings. The summed E-state index contributed by atoms with van der Waals surface area (Å²) in [6, 6.07) is 3.26. The van der Waals surface area contributed by atoms with Gasteiger partial charge in [-0.3, -0.25) is 9.78 Å². The van der Waals surface area contributed by atoms with Crippen LogP contribution in [0.2, 0.25) is 0 Å². The van der Waals surface area contributed by atoms with Crippen LogP contribution in [0.25, 0.3) is 0 Å². The van der Waals surface area contributed by atoms with Crippen molar-refractivity contribution in [2.45, 2.75) is 18.4 Å². The van der Waals surface area contributed by atoms with Crippen LogP contribution in [0.3, 0.4) is 0 Å². The molecule has 1 saturated heterocycles. The molecule has 1 aliphatic heterocycles. The van der Waals surface area contributed by atoms with Crippen LogP contribution in [0.1, 0.15) is 18.0 Å². The van der Waals surface area contributed by atoms with Crippen molar-refractivity contribution in [3.05, 3.63) is 28.5 Å². The Balaban J connectivity index is 2.22. The molecule has 2 rings (SSSR count). The van der Waals surface area contributed by atoms with Crippen molar-refractivity contribution in [2.75, 3.05) is 6.54 Å². The zero-order valence-corrected chi connectivity index (χ0v) is 9.57. The molecule has 2 heterocycles. The lowest BCUT2D eigenvalue weighted by Gasteiger charge is -2.14. The van der Waals surface area contributed by atoms with Gasteiger partial charge in [-0.25, -0.2) is 0 Å². The van der Waals surface area contributed by atoms with Crippen LogP contribution in [0.15, 0.2) is 22.8 Å². The molecule has 80 valence electrons. The van der Waals surface area contributed by atoms with Crippen molar-refractivity contribution in [1.29, 1.82) is 0 Å². The van der Waals surface area contributed by atoms with Crippen LogP contribution >= 0.6 is 15.9 Å². The minimum atomic E-state index is -0.804. The van der Waals surface area contributed by atoms with E-state index < -0.39 is 12.0 Å². The van der Waals surface area contributed by atoms with Gasteiger partial charge in [0.15, 0.2) is 0 Å². The van der Waals surface area contributed by atoms with Crippen molar-refractivity contribution in [2.24, 2.45) is 0 Å². The summed E-state index contributed by atoms with van der Waals surface area (Å²) in [6.45, 7) is 0.735. The third kappa shape index (κ3) is 2.18. The highest BCUT2D eigenvalue weighted by atomic mass is 79.9. The zero-order valence-electron chi connectivity index (χ0n) is 7.98. The highest BCUT2D eigenvalue weighted by Crippen LogP contribution is 2.26. The van der Waals surface area contributed by atoms with Crippen molar-refractivity contribution in [1.82, 2.24) is 10.3 Å². The Kier molecular flexibility index (Phi) is 3.02. The van der Waals surface area contributed by atoms with E-state index >= 15 is 0 Å². The standard InChI is InChI=1S/C10H11BrN2O2/c11-6-1-2-8(13-5-6)7-3-4-12-9(7)10(14)15/h1-2,5,7,9,12H,3-4H2,(H,14,15)/t7-,9-/m1/s1. The van der Waals surface area contributed by atoms with Crippen LogP contribution in [0.5, 0.6) is 0 Å². The fraction of sp³-hybridized carbons (Fsp3) is 0.400. The van der Waals surface area contributed by atoms with E-state index in [2.05, 4.69) is 26.2 Å². The van der Waals surface area contributed by atoms with Crippen LogP contribution in [0, 0.1) is 0 Å². The lowest BCUT2D eigenvalue weighted by atomic mass is 9.96. The number of nitrogens with one attached hydrogen (secondary N) is 1. The Bertz CT molecular complexity index is 366. The van der Waals surface area contributed by atoms with E-state index in [9.17, 15) is 4.79 Å². The zero-order chi connectivity index (χ0) is 10.8. The van der Waals surface area contributed by atoms with Crippen molar-refractivity contribution in [3.63, 3.8) is 0 Å². The van der Waals surface area contributed by atoms with Gasteiger partial charge in [0.1, 0.15) is 6.04 Å².